The number of nitrogens with zero attached hydrogens (tertiary/aromatic N) is 1. The molecule has 5 heteroatoms. The maximum absolute atomic E-state index is 13.1. The smallest absolute Gasteiger partial charge is 0.255 e. The Balaban J connectivity index is 1.78. The first kappa shape index (κ1) is 15.3. The van der Waals surface area contributed by atoms with E-state index in [2.05, 4.69) is 18.0 Å². The molecule has 5 nitrogen and oxygen atoms in total. The van der Waals surface area contributed by atoms with Crippen LogP contribution in [-0.4, -0.2) is 36.6 Å². The van der Waals surface area contributed by atoms with Gasteiger partial charge in [0.15, 0.2) is 0 Å². The lowest BCUT2D eigenvalue weighted by Crippen LogP contribution is -2.47. The summed E-state index contributed by atoms with van der Waals surface area (Å²) in [5.74, 6) is 1.63. The number of aromatic amines is 1. The number of hydrogen-bond donors (Lipinski definition) is 1. The lowest BCUT2D eigenvalue weighted by Gasteiger charge is -2.40. The SMILES string of the molecule is COc1ccc2c(c1)C(=O)N1CCc3c([nH]c4ccc(OC)cc34)C21C. The number of hydrogen-bond acceptors (Lipinski definition) is 3. The molecule has 0 aliphatic carbocycles. The third-order valence-electron chi connectivity index (χ3n) is 5.95. The Morgan fingerprint density at radius 2 is 1.81 bits per heavy atom. The van der Waals surface area contributed by atoms with Crippen LogP contribution in [0.15, 0.2) is 36.4 Å². The lowest BCUT2D eigenvalue weighted by molar-refractivity contribution is 0.0626. The van der Waals surface area contributed by atoms with Gasteiger partial charge in [-0.2, -0.15) is 0 Å². The number of methoxy groups -OCH3 is 2. The molecule has 2 aliphatic heterocycles. The van der Waals surface area contributed by atoms with E-state index >= 15 is 0 Å². The Morgan fingerprint density at radius 1 is 1.08 bits per heavy atom. The van der Waals surface area contributed by atoms with Gasteiger partial charge in [-0.3, -0.25) is 4.79 Å². The van der Waals surface area contributed by atoms with Gasteiger partial charge in [0.05, 0.1) is 14.2 Å². The number of fused-ring (bicyclic) bond motifs is 7. The molecule has 1 unspecified atom stereocenters. The van der Waals surface area contributed by atoms with Crippen molar-refractivity contribution in [3.05, 3.63) is 58.8 Å². The number of ether oxygens (including phenoxy) is 2. The van der Waals surface area contributed by atoms with Gasteiger partial charge in [-0.05, 0) is 54.8 Å². The summed E-state index contributed by atoms with van der Waals surface area (Å²) in [6, 6.07) is 11.9. The highest BCUT2D eigenvalue weighted by atomic mass is 16.5. The summed E-state index contributed by atoms with van der Waals surface area (Å²) in [6.45, 7) is 2.83. The molecule has 3 aromatic rings. The zero-order valence-corrected chi connectivity index (χ0v) is 15.1. The average molecular weight is 348 g/mol. The van der Waals surface area contributed by atoms with Crippen LogP contribution in [0, 0.1) is 0 Å². The monoisotopic (exact) mass is 348 g/mol. The summed E-state index contributed by atoms with van der Waals surface area (Å²) in [4.78, 5) is 18.6. The minimum absolute atomic E-state index is 0.0725. The van der Waals surface area contributed by atoms with E-state index in [1.165, 1.54) is 10.9 Å². The highest BCUT2D eigenvalue weighted by Gasteiger charge is 2.51. The van der Waals surface area contributed by atoms with Crippen LogP contribution in [0.1, 0.15) is 34.1 Å². The van der Waals surface area contributed by atoms with E-state index in [4.69, 9.17) is 9.47 Å². The zero-order valence-electron chi connectivity index (χ0n) is 15.1. The van der Waals surface area contributed by atoms with Crippen molar-refractivity contribution in [3.63, 3.8) is 0 Å². The van der Waals surface area contributed by atoms with E-state index in [0.29, 0.717) is 12.3 Å². The molecule has 0 fully saturated rings. The summed E-state index contributed by atoms with van der Waals surface area (Å²) in [7, 11) is 3.31. The highest BCUT2D eigenvalue weighted by molar-refractivity contribution is 6.02. The molecule has 2 aliphatic rings. The second kappa shape index (κ2) is 5.04. The number of H-pyrrole nitrogens is 1. The molecular formula is C21H20N2O3. The Morgan fingerprint density at radius 3 is 2.58 bits per heavy atom. The fourth-order valence-corrected chi connectivity index (χ4v) is 4.59. The molecule has 2 aromatic carbocycles. The van der Waals surface area contributed by atoms with E-state index in [1.54, 1.807) is 14.2 Å². The van der Waals surface area contributed by atoms with Crippen LogP contribution in [0.5, 0.6) is 11.5 Å². The van der Waals surface area contributed by atoms with Crippen molar-refractivity contribution in [1.29, 1.82) is 0 Å². The molecule has 1 aromatic heterocycles. The third-order valence-corrected chi connectivity index (χ3v) is 5.95. The molecule has 132 valence electrons. The predicted octanol–water partition coefficient (Wildman–Crippen LogP) is 3.46. The number of carbonyl (C=O) groups excluding carboxylic acids is 1. The summed E-state index contributed by atoms with van der Waals surface area (Å²) < 4.78 is 10.7. The summed E-state index contributed by atoms with van der Waals surface area (Å²) in [5.41, 5.74) is 4.73. The van der Waals surface area contributed by atoms with Crippen LogP contribution < -0.4 is 9.47 Å². The lowest BCUT2D eigenvalue weighted by atomic mass is 9.82. The van der Waals surface area contributed by atoms with E-state index in [9.17, 15) is 4.79 Å². The Hall–Kier alpha value is -2.95. The molecule has 26 heavy (non-hydrogen) atoms. The van der Waals surface area contributed by atoms with E-state index in [1.807, 2.05) is 35.2 Å². The summed E-state index contributed by atoms with van der Waals surface area (Å²) in [6.07, 6.45) is 0.828. The first-order valence-electron chi connectivity index (χ1n) is 8.77. The van der Waals surface area contributed by atoms with Crippen LogP contribution >= 0.6 is 0 Å². The topological polar surface area (TPSA) is 54.6 Å². The van der Waals surface area contributed by atoms with Crippen molar-refractivity contribution in [2.24, 2.45) is 0 Å². The van der Waals surface area contributed by atoms with Crippen LogP contribution in [-0.2, 0) is 12.0 Å². The second-order valence-electron chi connectivity index (χ2n) is 7.08. The fraction of sp³-hybridized carbons (Fsp3) is 0.286. The number of aromatic nitrogens is 1. The Labute approximate surface area is 151 Å². The number of benzene rings is 2. The third kappa shape index (κ3) is 1.72. The van der Waals surface area contributed by atoms with Gasteiger partial charge in [-0.15, -0.1) is 0 Å². The van der Waals surface area contributed by atoms with Crippen molar-refractivity contribution in [2.45, 2.75) is 18.9 Å². The van der Waals surface area contributed by atoms with Crippen LogP contribution in [0.3, 0.4) is 0 Å². The van der Waals surface area contributed by atoms with Gasteiger partial charge in [0.25, 0.3) is 5.91 Å². The second-order valence-corrected chi connectivity index (χ2v) is 7.08. The summed E-state index contributed by atoms with van der Waals surface area (Å²) >= 11 is 0. The molecule has 3 heterocycles. The molecule has 5 rings (SSSR count). The van der Waals surface area contributed by atoms with Crippen molar-refractivity contribution in [3.8, 4) is 11.5 Å². The largest absolute Gasteiger partial charge is 0.497 e. The Kier molecular flexibility index (Phi) is 2.97. The van der Waals surface area contributed by atoms with Crippen LogP contribution in [0.25, 0.3) is 10.9 Å². The van der Waals surface area contributed by atoms with Crippen molar-refractivity contribution in [2.75, 3.05) is 20.8 Å². The Bertz CT molecular complexity index is 1070. The molecule has 0 radical (unpaired) electrons. The first-order chi connectivity index (χ1) is 12.6. The molecule has 0 bridgehead atoms. The van der Waals surface area contributed by atoms with Crippen molar-refractivity contribution >= 4 is 16.8 Å². The molecule has 0 spiro atoms. The van der Waals surface area contributed by atoms with Gasteiger partial charge >= 0.3 is 0 Å². The summed E-state index contributed by atoms with van der Waals surface area (Å²) in [5, 5.41) is 1.18. The number of nitrogens with one attached hydrogen (secondary N) is 1. The van der Waals surface area contributed by atoms with Crippen LogP contribution in [0.4, 0.5) is 0 Å². The van der Waals surface area contributed by atoms with Crippen LogP contribution in [0.2, 0.25) is 0 Å². The van der Waals surface area contributed by atoms with Gasteiger partial charge in [-0.25, -0.2) is 0 Å². The van der Waals surface area contributed by atoms with Gasteiger partial charge in [-0.1, -0.05) is 6.07 Å². The highest BCUT2D eigenvalue weighted by Crippen LogP contribution is 2.49. The standard InChI is InChI=1S/C21H20N2O3/c1-21-17-6-4-12(25-2)11-16(17)20(24)23(21)9-8-14-15-10-13(26-3)5-7-18(15)22-19(14)21/h4-7,10-11,22H,8-9H2,1-3H3. The molecule has 0 saturated carbocycles. The van der Waals surface area contributed by atoms with E-state index in [0.717, 1.165) is 34.5 Å². The number of rotatable bonds is 2. The first-order valence-corrected chi connectivity index (χ1v) is 8.77. The maximum atomic E-state index is 13.1. The fourth-order valence-electron chi connectivity index (χ4n) is 4.59. The van der Waals surface area contributed by atoms with E-state index in [-0.39, 0.29) is 5.91 Å². The minimum atomic E-state index is -0.488. The number of amides is 1. The maximum Gasteiger partial charge on any atom is 0.255 e. The number of carbonyl (C=O) groups is 1. The molecule has 1 amide bonds. The van der Waals surface area contributed by atoms with Crippen molar-refractivity contribution < 1.29 is 14.3 Å². The molecule has 0 saturated heterocycles. The average Bonchev–Trinajstić information content (AvgIpc) is 3.15. The quantitative estimate of drug-likeness (QED) is 0.772. The van der Waals surface area contributed by atoms with E-state index < -0.39 is 5.54 Å². The van der Waals surface area contributed by atoms with Gasteiger partial charge < -0.3 is 19.4 Å². The zero-order chi connectivity index (χ0) is 18.1. The normalized spacial score (nSPS) is 20.7. The van der Waals surface area contributed by atoms with Crippen molar-refractivity contribution in [1.82, 2.24) is 9.88 Å². The predicted molar refractivity (Wildman–Crippen MR) is 99.0 cm³/mol. The minimum Gasteiger partial charge on any atom is -0.497 e. The van der Waals surface area contributed by atoms with Gasteiger partial charge in [0, 0.05) is 28.7 Å². The van der Waals surface area contributed by atoms with Gasteiger partial charge in [0.2, 0.25) is 0 Å². The molecule has 1 N–H and O–H groups in total. The molecule has 1 atom stereocenters. The molecular weight excluding hydrogens is 328 g/mol. The van der Waals surface area contributed by atoms with Gasteiger partial charge in [0.1, 0.15) is 17.0 Å².